The monoisotopic (exact) mass is 294 g/mol. The summed E-state index contributed by atoms with van der Waals surface area (Å²) in [5.74, 6) is 0.866. The summed E-state index contributed by atoms with van der Waals surface area (Å²) in [6.07, 6.45) is 0. The average Bonchev–Trinajstić information content (AvgIpc) is 2.85. The predicted octanol–water partition coefficient (Wildman–Crippen LogP) is 5.38. The molecule has 1 heterocycles. The first-order chi connectivity index (χ1) is 8.93. The minimum absolute atomic E-state index is 0.149. The second-order valence-electron chi connectivity index (χ2n) is 5.59. The van der Waals surface area contributed by atoms with Gasteiger partial charge in [0.2, 0.25) is 0 Å². The maximum absolute atomic E-state index is 6.55. The summed E-state index contributed by atoms with van der Waals surface area (Å²) in [6, 6.07) is 10.5. The highest BCUT2D eigenvalue weighted by Gasteiger charge is 2.18. The molecule has 0 bridgehead atoms. The van der Waals surface area contributed by atoms with Gasteiger partial charge >= 0.3 is 0 Å². The number of hydrogen-bond acceptors (Lipinski definition) is 2. The first-order valence-corrected chi connectivity index (χ1v) is 7.61. The third-order valence-electron chi connectivity index (χ3n) is 3.18. The third-order valence-corrected chi connectivity index (χ3v) is 4.74. The number of alkyl halides is 1. The van der Waals surface area contributed by atoms with Crippen molar-refractivity contribution in [2.45, 2.75) is 31.6 Å². The maximum atomic E-state index is 6.55. The van der Waals surface area contributed by atoms with Crippen LogP contribution in [0.25, 0.3) is 0 Å². The molecule has 1 unspecified atom stereocenters. The van der Waals surface area contributed by atoms with E-state index in [2.05, 4.69) is 45.0 Å². The zero-order chi connectivity index (χ0) is 14.0. The molecule has 0 N–H and O–H groups in total. The smallest absolute Gasteiger partial charge is 0.134 e. The normalized spacial score (nSPS) is 13.3. The Hall–Kier alpha value is -0.990. The highest BCUT2D eigenvalue weighted by Crippen LogP contribution is 2.39. The van der Waals surface area contributed by atoms with E-state index >= 15 is 0 Å². The summed E-state index contributed by atoms with van der Waals surface area (Å²) < 4.78 is 5.33. The average molecular weight is 295 g/mol. The molecule has 2 rings (SSSR count). The molecule has 102 valence electrons. The van der Waals surface area contributed by atoms with Gasteiger partial charge in [0, 0.05) is 0 Å². The van der Waals surface area contributed by atoms with Crippen molar-refractivity contribution in [1.29, 1.82) is 0 Å². The van der Waals surface area contributed by atoms with E-state index < -0.39 is 0 Å². The first kappa shape index (κ1) is 14.4. The van der Waals surface area contributed by atoms with E-state index in [0.29, 0.717) is 0 Å². The lowest BCUT2D eigenvalue weighted by molar-refractivity contribution is 0.413. The van der Waals surface area contributed by atoms with Gasteiger partial charge in [0.1, 0.15) is 5.75 Å². The minimum atomic E-state index is -0.149. The van der Waals surface area contributed by atoms with Gasteiger partial charge in [-0.15, -0.1) is 22.9 Å². The number of benzene rings is 1. The molecule has 0 aliphatic rings. The lowest BCUT2D eigenvalue weighted by Gasteiger charge is -2.20. The van der Waals surface area contributed by atoms with E-state index in [1.807, 2.05) is 11.4 Å². The second-order valence-corrected chi connectivity index (χ2v) is 6.97. The molecule has 0 aliphatic heterocycles. The molecule has 1 atom stereocenters. The van der Waals surface area contributed by atoms with Crippen LogP contribution in [0.3, 0.4) is 0 Å². The summed E-state index contributed by atoms with van der Waals surface area (Å²) in [6.45, 7) is 6.63. The maximum Gasteiger partial charge on any atom is 0.134 e. The molecule has 3 heteroatoms. The van der Waals surface area contributed by atoms with Crippen molar-refractivity contribution in [3.63, 3.8) is 0 Å². The topological polar surface area (TPSA) is 9.23 Å². The number of methoxy groups -OCH3 is 1. The largest absolute Gasteiger partial charge is 0.496 e. The molecule has 0 spiro atoms. The third kappa shape index (κ3) is 3.13. The van der Waals surface area contributed by atoms with Gasteiger partial charge in [0.05, 0.1) is 17.4 Å². The van der Waals surface area contributed by atoms with Crippen LogP contribution in [0.4, 0.5) is 0 Å². The van der Waals surface area contributed by atoms with Crippen LogP contribution < -0.4 is 4.74 Å². The van der Waals surface area contributed by atoms with Crippen LogP contribution in [-0.2, 0) is 5.41 Å². The molecular weight excluding hydrogens is 276 g/mol. The lowest BCUT2D eigenvalue weighted by Crippen LogP contribution is -2.10. The molecule has 0 radical (unpaired) electrons. The Morgan fingerprint density at radius 1 is 1.11 bits per heavy atom. The molecule has 0 aliphatic carbocycles. The number of halogens is 1. The molecule has 1 aromatic carbocycles. The standard InChI is InChI=1S/C16H19ClOS/c1-16(2,3)12-7-5-11(6-8-12)14(17)15-13(18-4)9-10-19-15/h5-10,14H,1-4H3. The van der Waals surface area contributed by atoms with Crippen molar-refractivity contribution in [2.75, 3.05) is 7.11 Å². The van der Waals surface area contributed by atoms with E-state index in [1.165, 1.54) is 5.56 Å². The number of rotatable bonds is 3. The Balaban J connectivity index is 2.28. The fourth-order valence-corrected chi connectivity index (χ4v) is 3.23. The summed E-state index contributed by atoms with van der Waals surface area (Å²) in [5, 5.41) is 1.86. The van der Waals surface area contributed by atoms with Crippen molar-refractivity contribution in [3.05, 3.63) is 51.7 Å². The lowest BCUT2D eigenvalue weighted by atomic mass is 9.86. The van der Waals surface area contributed by atoms with Crippen LogP contribution in [0.5, 0.6) is 5.75 Å². The fraction of sp³-hybridized carbons (Fsp3) is 0.375. The van der Waals surface area contributed by atoms with Gasteiger partial charge in [0.15, 0.2) is 0 Å². The zero-order valence-electron chi connectivity index (χ0n) is 11.7. The van der Waals surface area contributed by atoms with E-state index in [9.17, 15) is 0 Å². The van der Waals surface area contributed by atoms with Gasteiger partial charge in [-0.05, 0) is 28.0 Å². The van der Waals surface area contributed by atoms with E-state index in [1.54, 1.807) is 18.4 Å². The molecule has 2 aromatic rings. The van der Waals surface area contributed by atoms with E-state index in [4.69, 9.17) is 16.3 Å². The Morgan fingerprint density at radius 3 is 2.26 bits per heavy atom. The SMILES string of the molecule is COc1ccsc1C(Cl)c1ccc(C(C)(C)C)cc1. The Kier molecular flexibility index (Phi) is 4.22. The number of hydrogen-bond donors (Lipinski definition) is 0. The molecule has 0 saturated carbocycles. The summed E-state index contributed by atoms with van der Waals surface area (Å²) in [7, 11) is 1.68. The van der Waals surface area contributed by atoms with Gasteiger partial charge < -0.3 is 4.74 Å². The van der Waals surface area contributed by atoms with Crippen molar-refractivity contribution in [2.24, 2.45) is 0 Å². The van der Waals surface area contributed by atoms with Crippen molar-refractivity contribution >= 4 is 22.9 Å². The molecule has 0 fully saturated rings. The van der Waals surface area contributed by atoms with Crippen LogP contribution in [-0.4, -0.2) is 7.11 Å². The minimum Gasteiger partial charge on any atom is -0.496 e. The van der Waals surface area contributed by atoms with Crippen molar-refractivity contribution in [3.8, 4) is 5.75 Å². The molecular formula is C16H19ClOS. The first-order valence-electron chi connectivity index (χ1n) is 6.29. The van der Waals surface area contributed by atoms with Gasteiger partial charge in [0.25, 0.3) is 0 Å². The van der Waals surface area contributed by atoms with Crippen LogP contribution >= 0.6 is 22.9 Å². The second kappa shape index (κ2) is 5.56. The quantitative estimate of drug-likeness (QED) is 0.690. The van der Waals surface area contributed by atoms with Crippen molar-refractivity contribution < 1.29 is 4.74 Å². The van der Waals surface area contributed by atoms with Gasteiger partial charge in [-0.3, -0.25) is 0 Å². The van der Waals surface area contributed by atoms with E-state index in [0.717, 1.165) is 16.2 Å². The fourth-order valence-electron chi connectivity index (χ4n) is 1.97. The Morgan fingerprint density at radius 2 is 1.74 bits per heavy atom. The van der Waals surface area contributed by atoms with Gasteiger partial charge in [-0.25, -0.2) is 0 Å². The molecule has 19 heavy (non-hydrogen) atoms. The van der Waals surface area contributed by atoms with Gasteiger partial charge in [-0.1, -0.05) is 45.0 Å². The van der Waals surface area contributed by atoms with Crippen LogP contribution in [0.1, 0.15) is 42.2 Å². The predicted molar refractivity (Wildman–Crippen MR) is 83.7 cm³/mol. The highest BCUT2D eigenvalue weighted by atomic mass is 35.5. The van der Waals surface area contributed by atoms with E-state index in [-0.39, 0.29) is 10.8 Å². The summed E-state index contributed by atoms with van der Waals surface area (Å²) >= 11 is 8.18. The molecule has 1 aromatic heterocycles. The van der Waals surface area contributed by atoms with Crippen molar-refractivity contribution in [1.82, 2.24) is 0 Å². The highest BCUT2D eigenvalue weighted by molar-refractivity contribution is 7.10. The summed E-state index contributed by atoms with van der Waals surface area (Å²) in [4.78, 5) is 1.06. The molecule has 0 saturated heterocycles. The Bertz CT molecular complexity index is 537. The van der Waals surface area contributed by atoms with Gasteiger partial charge in [-0.2, -0.15) is 0 Å². The molecule has 1 nitrogen and oxygen atoms in total. The van der Waals surface area contributed by atoms with Crippen LogP contribution in [0.15, 0.2) is 35.7 Å². The Labute approximate surface area is 124 Å². The number of ether oxygens (including phenoxy) is 1. The van der Waals surface area contributed by atoms with Crippen LogP contribution in [0, 0.1) is 0 Å². The molecule has 0 amide bonds. The summed E-state index contributed by atoms with van der Waals surface area (Å²) in [5.41, 5.74) is 2.59. The number of thiophene rings is 1. The zero-order valence-corrected chi connectivity index (χ0v) is 13.3. The van der Waals surface area contributed by atoms with Crippen LogP contribution in [0.2, 0.25) is 0 Å².